The van der Waals surface area contributed by atoms with Gasteiger partial charge in [-0.1, -0.05) is 20.3 Å². The molecule has 4 heteroatoms. The molecule has 19 heavy (non-hydrogen) atoms. The van der Waals surface area contributed by atoms with Crippen molar-refractivity contribution in [1.82, 2.24) is 4.90 Å². The molecule has 1 aliphatic carbocycles. The minimum atomic E-state index is -0.844. The second kappa shape index (κ2) is 5.51. The number of hydrogen-bond acceptors (Lipinski definition) is 2. The molecule has 2 rings (SSSR count). The molecule has 0 spiro atoms. The molecule has 4 nitrogen and oxygen atoms in total. The zero-order valence-corrected chi connectivity index (χ0v) is 12.0. The minimum absolute atomic E-state index is 0.0312. The quantitative estimate of drug-likeness (QED) is 0.836. The highest BCUT2D eigenvalue weighted by Crippen LogP contribution is 2.39. The standard InChI is InChI=1S/C15H25NO3/c1-15(2)8-5-6-11(10-15)13(17)16-9-4-3-7-12(16)14(18)19/h11-12H,3-10H2,1-2H3,(H,18,19)/t11?,12-/m1/s1. The van der Waals surface area contributed by atoms with Gasteiger partial charge in [0, 0.05) is 12.5 Å². The van der Waals surface area contributed by atoms with Crippen LogP contribution in [-0.2, 0) is 9.59 Å². The van der Waals surface area contributed by atoms with E-state index < -0.39 is 12.0 Å². The number of carbonyl (C=O) groups is 2. The van der Waals surface area contributed by atoms with Crippen molar-refractivity contribution in [2.24, 2.45) is 11.3 Å². The summed E-state index contributed by atoms with van der Waals surface area (Å²) in [6.45, 7) is 5.03. The number of piperidine rings is 1. The Balaban J connectivity index is 2.06. The molecule has 1 unspecified atom stereocenters. The predicted octanol–water partition coefficient (Wildman–Crippen LogP) is 2.67. The van der Waals surface area contributed by atoms with Crippen LogP contribution in [0.3, 0.4) is 0 Å². The predicted molar refractivity (Wildman–Crippen MR) is 72.7 cm³/mol. The summed E-state index contributed by atoms with van der Waals surface area (Å²) in [6.07, 6.45) is 6.52. The van der Waals surface area contributed by atoms with Crippen LogP contribution in [0, 0.1) is 11.3 Å². The number of carboxylic acids is 1. The SMILES string of the molecule is CC1(C)CCCC(C(=O)N2CCCC[C@@H]2C(=O)O)C1. The van der Waals surface area contributed by atoms with Crippen LogP contribution >= 0.6 is 0 Å². The van der Waals surface area contributed by atoms with Gasteiger partial charge in [-0.25, -0.2) is 4.79 Å². The molecule has 108 valence electrons. The minimum Gasteiger partial charge on any atom is -0.480 e. The van der Waals surface area contributed by atoms with E-state index in [-0.39, 0.29) is 17.2 Å². The Kier molecular flexibility index (Phi) is 4.16. The summed E-state index contributed by atoms with van der Waals surface area (Å²) in [6, 6.07) is -0.591. The second-order valence-electron chi connectivity index (χ2n) is 6.84. The van der Waals surface area contributed by atoms with Gasteiger partial charge in [-0.3, -0.25) is 4.79 Å². The maximum atomic E-state index is 12.6. The largest absolute Gasteiger partial charge is 0.480 e. The molecule has 1 N–H and O–H groups in total. The average molecular weight is 267 g/mol. The van der Waals surface area contributed by atoms with Crippen molar-refractivity contribution in [2.75, 3.05) is 6.54 Å². The molecular weight excluding hydrogens is 242 g/mol. The first-order chi connectivity index (χ1) is 8.91. The summed E-state index contributed by atoms with van der Waals surface area (Å²) in [7, 11) is 0. The lowest BCUT2D eigenvalue weighted by molar-refractivity contribution is -0.155. The zero-order chi connectivity index (χ0) is 14.0. The van der Waals surface area contributed by atoms with Crippen LogP contribution in [-0.4, -0.2) is 34.5 Å². The molecule has 0 aromatic rings. The van der Waals surface area contributed by atoms with E-state index >= 15 is 0 Å². The molecule has 1 aliphatic heterocycles. The van der Waals surface area contributed by atoms with Crippen LogP contribution in [0.2, 0.25) is 0 Å². The van der Waals surface area contributed by atoms with Crippen LogP contribution in [0.4, 0.5) is 0 Å². The van der Waals surface area contributed by atoms with Gasteiger partial charge in [-0.15, -0.1) is 0 Å². The molecule has 1 amide bonds. The molecule has 2 atom stereocenters. The van der Waals surface area contributed by atoms with Crippen molar-refractivity contribution in [3.63, 3.8) is 0 Å². The van der Waals surface area contributed by atoms with Gasteiger partial charge in [0.05, 0.1) is 0 Å². The van der Waals surface area contributed by atoms with Crippen LogP contribution in [0.5, 0.6) is 0 Å². The van der Waals surface area contributed by atoms with Crippen molar-refractivity contribution in [2.45, 2.75) is 64.8 Å². The first kappa shape index (κ1) is 14.4. The Labute approximate surface area is 115 Å². The van der Waals surface area contributed by atoms with E-state index in [9.17, 15) is 14.7 Å². The molecule has 0 aromatic carbocycles. The van der Waals surface area contributed by atoms with Gasteiger partial charge in [0.15, 0.2) is 0 Å². The molecular formula is C15H25NO3. The topological polar surface area (TPSA) is 57.6 Å². The van der Waals surface area contributed by atoms with Gasteiger partial charge in [0.1, 0.15) is 6.04 Å². The van der Waals surface area contributed by atoms with Gasteiger partial charge < -0.3 is 10.0 Å². The molecule has 1 heterocycles. The third-order valence-electron chi connectivity index (χ3n) is 4.63. The van der Waals surface area contributed by atoms with Gasteiger partial charge in [0.2, 0.25) is 5.91 Å². The number of rotatable bonds is 2. The third-order valence-corrected chi connectivity index (χ3v) is 4.63. The number of aliphatic carboxylic acids is 1. The summed E-state index contributed by atoms with van der Waals surface area (Å²) < 4.78 is 0. The number of carbonyl (C=O) groups excluding carboxylic acids is 1. The van der Waals surface area contributed by atoms with Crippen molar-refractivity contribution >= 4 is 11.9 Å². The summed E-state index contributed by atoms with van der Waals surface area (Å²) in [5.74, 6) is -0.730. The number of carboxylic acid groups (broad SMARTS) is 1. The average Bonchev–Trinajstić information content (AvgIpc) is 2.36. The lowest BCUT2D eigenvalue weighted by Gasteiger charge is -2.40. The van der Waals surface area contributed by atoms with Gasteiger partial charge in [-0.2, -0.15) is 0 Å². The molecule has 0 bridgehead atoms. The van der Waals surface area contributed by atoms with Crippen molar-refractivity contribution < 1.29 is 14.7 Å². The number of amides is 1. The Morgan fingerprint density at radius 3 is 2.53 bits per heavy atom. The molecule has 1 saturated carbocycles. The van der Waals surface area contributed by atoms with Gasteiger partial charge in [-0.05, 0) is 43.9 Å². The van der Waals surface area contributed by atoms with E-state index in [2.05, 4.69) is 13.8 Å². The van der Waals surface area contributed by atoms with Crippen LogP contribution in [0.1, 0.15) is 58.8 Å². The normalized spacial score (nSPS) is 30.9. The van der Waals surface area contributed by atoms with E-state index in [0.717, 1.165) is 32.1 Å². The van der Waals surface area contributed by atoms with Crippen molar-refractivity contribution in [1.29, 1.82) is 0 Å². The fourth-order valence-electron chi connectivity index (χ4n) is 3.60. The maximum Gasteiger partial charge on any atom is 0.326 e. The number of likely N-dealkylation sites (tertiary alicyclic amines) is 1. The highest BCUT2D eigenvalue weighted by atomic mass is 16.4. The van der Waals surface area contributed by atoms with E-state index in [0.29, 0.717) is 13.0 Å². The van der Waals surface area contributed by atoms with Crippen molar-refractivity contribution in [3.8, 4) is 0 Å². The van der Waals surface area contributed by atoms with Crippen LogP contribution in [0.25, 0.3) is 0 Å². The van der Waals surface area contributed by atoms with Crippen molar-refractivity contribution in [3.05, 3.63) is 0 Å². The van der Waals surface area contributed by atoms with E-state index in [1.54, 1.807) is 4.90 Å². The van der Waals surface area contributed by atoms with Gasteiger partial charge >= 0.3 is 5.97 Å². The Morgan fingerprint density at radius 1 is 1.16 bits per heavy atom. The Bertz CT molecular complexity index is 364. The van der Waals surface area contributed by atoms with E-state index in [4.69, 9.17) is 0 Å². The molecule has 2 aliphatic rings. The lowest BCUT2D eigenvalue weighted by atomic mass is 9.71. The maximum absolute atomic E-state index is 12.6. The summed E-state index contributed by atoms with van der Waals surface area (Å²) in [5.41, 5.74) is 0.215. The zero-order valence-electron chi connectivity index (χ0n) is 12.0. The molecule has 1 saturated heterocycles. The first-order valence-corrected chi connectivity index (χ1v) is 7.44. The number of nitrogens with zero attached hydrogens (tertiary/aromatic N) is 1. The Morgan fingerprint density at radius 2 is 1.89 bits per heavy atom. The molecule has 0 radical (unpaired) electrons. The second-order valence-corrected chi connectivity index (χ2v) is 6.84. The van der Waals surface area contributed by atoms with Gasteiger partial charge in [0.25, 0.3) is 0 Å². The first-order valence-electron chi connectivity index (χ1n) is 7.44. The fourth-order valence-corrected chi connectivity index (χ4v) is 3.60. The Hall–Kier alpha value is -1.06. The fraction of sp³-hybridized carbons (Fsp3) is 0.867. The third kappa shape index (κ3) is 3.28. The number of hydrogen-bond donors (Lipinski definition) is 1. The summed E-state index contributed by atoms with van der Waals surface area (Å²) in [5, 5.41) is 9.26. The highest BCUT2D eigenvalue weighted by molar-refractivity contribution is 5.85. The summed E-state index contributed by atoms with van der Waals surface area (Å²) >= 11 is 0. The molecule has 2 fully saturated rings. The van der Waals surface area contributed by atoms with E-state index in [1.165, 1.54) is 6.42 Å². The highest BCUT2D eigenvalue weighted by Gasteiger charge is 2.38. The monoisotopic (exact) mass is 267 g/mol. The molecule has 0 aromatic heterocycles. The summed E-state index contributed by atoms with van der Waals surface area (Å²) in [4.78, 5) is 25.5. The van der Waals surface area contributed by atoms with Crippen LogP contribution < -0.4 is 0 Å². The smallest absolute Gasteiger partial charge is 0.326 e. The lowest BCUT2D eigenvalue weighted by Crippen LogP contribution is -2.51. The van der Waals surface area contributed by atoms with E-state index in [1.807, 2.05) is 0 Å². The van der Waals surface area contributed by atoms with Crippen LogP contribution in [0.15, 0.2) is 0 Å².